The average Bonchev–Trinajstić information content (AvgIpc) is 3.15. The number of hydrogen-bond donors (Lipinski definition) is 0. The fourth-order valence-electron chi connectivity index (χ4n) is 2.65. The van der Waals surface area contributed by atoms with Crippen molar-refractivity contribution < 1.29 is 9.21 Å². The number of fused-ring (bicyclic) bond motifs is 1. The maximum atomic E-state index is 13.0. The van der Waals surface area contributed by atoms with Crippen molar-refractivity contribution >= 4 is 28.3 Å². The van der Waals surface area contributed by atoms with Crippen LogP contribution in [0.3, 0.4) is 0 Å². The molecule has 116 valence electrons. The molecule has 3 nitrogen and oxygen atoms in total. The molecule has 0 radical (unpaired) electrons. The van der Waals surface area contributed by atoms with E-state index in [1.54, 1.807) is 42.7 Å². The van der Waals surface area contributed by atoms with E-state index in [2.05, 4.69) is 4.98 Å². The number of benzene rings is 2. The van der Waals surface area contributed by atoms with E-state index in [0.29, 0.717) is 27.6 Å². The highest BCUT2D eigenvalue weighted by Crippen LogP contribution is 2.28. The summed E-state index contributed by atoms with van der Waals surface area (Å²) in [6.07, 6.45) is 1.57. The minimum atomic E-state index is -0.115. The summed E-state index contributed by atoms with van der Waals surface area (Å²) >= 11 is 5.91. The normalized spacial score (nSPS) is 10.9. The Morgan fingerprint density at radius 2 is 1.75 bits per heavy atom. The minimum Gasteiger partial charge on any atom is -0.463 e. The minimum absolute atomic E-state index is 0.115. The monoisotopic (exact) mass is 333 g/mol. The van der Waals surface area contributed by atoms with Crippen LogP contribution in [-0.2, 0) is 0 Å². The van der Waals surface area contributed by atoms with Gasteiger partial charge in [0, 0.05) is 16.0 Å². The molecule has 24 heavy (non-hydrogen) atoms. The lowest BCUT2D eigenvalue weighted by Gasteiger charge is -2.09. The maximum Gasteiger partial charge on any atom is 0.195 e. The molecule has 0 amide bonds. The smallest absolute Gasteiger partial charge is 0.195 e. The summed E-state index contributed by atoms with van der Waals surface area (Å²) in [5.41, 5.74) is 2.42. The van der Waals surface area contributed by atoms with Crippen molar-refractivity contribution in [1.82, 2.24) is 4.98 Å². The van der Waals surface area contributed by atoms with Crippen molar-refractivity contribution in [2.24, 2.45) is 0 Å². The Kier molecular flexibility index (Phi) is 3.63. The van der Waals surface area contributed by atoms with Gasteiger partial charge in [0.2, 0.25) is 0 Å². The average molecular weight is 334 g/mol. The number of carbonyl (C=O) groups is 1. The number of aromatic nitrogens is 1. The zero-order valence-electron chi connectivity index (χ0n) is 12.6. The number of ketones is 1. The van der Waals surface area contributed by atoms with Gasteiger partial charge in [-0.15, -0.1) is 0 Å². The zero-order valence-corrected chi connectivity index (χ0v) is 13.3. The van der Waals surface area contributed by atoms with Gasteiger partial charge in [0.1, 0.15) is 5.69 Å². The summed E-state index contributed by atoms with van der Waals surface area (Å²) in [7, 11) is 0. The molecular weight excluding hydrogens is 322 g/mol. The molecule has 0 fully saturated rings. The number of rotatable bonds is 3. The number of para-hydroxylation sites is 1. The Bertz CT molecular complexity index is 1020. The van der Waals surface area contributed by atoms with Gasteiger partial charge in [-0.05, 0) is 48.5 Å². The van der Waals surface area contributed by atoms with E-state index in [9.17, 15) is 4.79 Å². The molecule has 0 aliphatic rings. The van der Waals surface area contributed by atoms with Crippen LogP contribution in [0.5, 0.6) is 0 Å². The number of nitrogens with zero attached hydrogens (tertiary/aromatic N) is 1. The Morgan fingerprint density at radius 1 is 0.958 bits per heavy atom. The molecule has 0 atom stereocenters. The summed E-state index contributed by atoms with van der Waals surface area (Å²) in [6.45, 7) is 0. The van der Waals surface area contributed by atoms with E-state index < -0.39 is 0 Å². The lowest BCUT2D eigenvalue weighted by molar-refractivity contribution is 0.103. The van der Waals surface area contributed by atoms with Crippen LogP contribution in [0.25, 0.3) is 22.4 Å². The van der Waals surface area contributed by atoms with Crippen molar-refractivity contribution in [3.05, 3.63) is 89.1 Å². The molecule has 4 rings (SSSR count). The Hall–Kier alpha value is -2.91. The van der Waals surface area contributed by atoms with Crippen molar-refractivity contribution in [1.29, 1.82) is 0 Å². The van der Waals surface area contributed by atoms with Crippen LogP contribution in [0, 0.1) is 0 Å². The lowest BCUT2D eigenvalue weighted by Crippen LogP contribution is -2.05. The third kappa shape index (κ3) is 2.59. The Labute approximate surface area is 143 Å². The van der Waals surface area contributed by atoms with Crippen LogP contribution in [0.4, 0.5) is 0 Å². The Morgan fingerprint density at radius 3 is 2.50 bits per heavy atom. The molecule has 2 heterocycles. The van der Waals surface area contributed by atoms with Crippen molar-refractivity contribution in [2.45, 2.75) is 0 Å². The Balaban J connectivity index is 1.93. The van der Waals surface area contributed by atoms with Crippen LogP contribution in [-0.4, -0.2) is 10.8 Å². The van der Waals surface area contributed by atoms with Gasteiger partial charge in [0.05, 0.1) is 17.3 Å². The summed E-state index contributed by atoms with van der Waals surface area (Å²) in [5, 5.41) is 1.50. The molecular formula is C20H12ClNO2. The fourth-order valence-corrected chi connectivity index (χ4v) is 2.77. The first-order chi connectivity index (χ1) is 11.7. The van der Waals surface area contributed by atoms with Crippen LogP contribution in [0.15, 0.2) is 77.4 Å². The summed E-state index contributed by atoms with van der Waals surface area (Å²) in [4.78, 5) is 17.6. The van der Waals surface area contributed by atoms with Gasteiger partial charge in [-0.25, -0.2) is 4.98 Å². The first-order valence-electron chi connectivity index (χ1n) is 7.46. The first-order valence-corrected chi connectivity index (χ1v) is 7.84. The van der Waals surface area contributed by atoms with E-state index in [1.165, 1.54) is 0 Å². The van der Waals surface area contributed by atoms with Crippen molar-refractivity contribution in [3.8, 4) is 11.5 Å². The van der Waals surface area contributed by atoms with Crippen LogP contribution >= 0.6 is 11.6 Å². The SMILES string of the molecule is O=C(c1ccc(Cl)cc1)c1cc2ccccc2nc1-c1ccco1. The lowest BCUT2D eigenvalue weighted by atomic mass is 9.99. The van der Waals surface area contributed by atoms with E-state index >= 15 is 0 Å². The van der Waals surface area contributed by atoms with Crippen LogP contribution in [0.2, 0.25) is 5.02 Å². The topological polar surface area (TPSA) is 43.1 Å². The highest BCUT2D eigenvalue weighted by molar-refractivity contribution is 6.30. The van der Waals surface area contributed by atoms with Gasteiger partial charge in [0.15, 0.2) is 11.5 Å². The second-order valence-corrected chi connectivity index (χ2v) is 5.83. The van der Waals surface area contributed by atoms with Gasteiger partial charge in [-0.1, -0.05) is 29.8 Å². The van der Waals surface area contributed by atoms with Crippen LogP contribution in [0.1, 0.15) is 15.9 Å². The summed E-state index contributed by atoms with van der Waals surface area (Å²) < 4.78 is 5.48. The molecule has 0 saturated heterocycles. The number of carbonyl (C=O) groups excluding carboxylic acids is 1. The molecule has 0 bridgehead atoms. The molecule has 0 aliphatic heterocycles. The molecule has 0 N–H and O–H groups in total. The van der Waals surface area contributed by atoms with E-state index in [4.69, 9.17) is 16.0 Å². The quantitative estimate of drug-likeness (QED) is 0.473. The van der Waals surface area contributed by atoms with Gasteiger partial charge in [0.25, 0.3) is 0 Å². The molecule has 4 heteroatoms. The largest absolute Gasteiger partial charge is 0.463 e. The number of furan rings is 1. The third-order valence-corrected chi connectivity index (χ3v) is 4.08. The second kappa shape index (κ2) is 5.95. The number of pyridine rings is 1. The van der Waals surface area contributed by atoms with Crippen molar-refractivity contribution in [3.63, 3.8) is 0 Å². The van der Waals surface area contributed by atoms with E-state index in [0.717, 1.165) is 10.9 Å². The van der Waals surface area contributed by atoms with Gasteiger partial charge >= 0.3 is 0 Å². The van der Waals surface area contributed by atoms with Gasteiger partial charge < -0.3 is 4.42 Å². The summed E-state index contributed by atoms with van der Waals surface area (Å²) in [5.74, 6) is 0.453. The highest BCUT2D eigenvalue weighted by Gasteiger charge is 2.19. The number of hydrogen-bond acceptors (Lipinski definition) is 3. The van der Waals surface area contributed by atoms with E-state index in [-0.39, 0.29) is 5.78 Å². The zero-order chi connectivity index (χ0) is 16.5. The summed E-state index contributed by atoms with van der Waals surface area (Å²) in [6, 6.07) is 20.0. The van der Waals surface area contributed by atoms with Gasteiger partial charge in [-0.3, -0.25) is 4.79 Å². The predicted molar refractivity (Wildman–Crippen MR) is 94.3 cm³/mol. The molecule has 0 spiro atoms. The maximum absolute atomic E-state index is 13.0. The van der Waals surface area contributed by atoms with Crippen molar-refractivity contribution in [2.75, 3.05) is 0 Å². The highest BCUT2D eigenvalue weighted by atomic mass is 35.5. The first kappa shape index (κ1) is 14.7. The predicted octanol–water partition coefficient (Wildman–Crippen LogP) is 5.38. The van der Waals surface area contributed by atoms with Gasteiger partial charge in [-0.2, -0.15) is 0 Å². The van der Waals surface area contributed by atoms with E-state index in [1.807, 2.05) is 30.3 Å². The fraction of sp³-hybridized carbons (Fsp3) is 0. The van der Waals surface area contributed by atoms with Crippen LogP contribution < -0.4 is 0 Å². The standard InChI is InChI=1S/C20H12ClNO2/c21-15-9-7-13(8-10-15)20(23)16-12-14-4-1-2-5-17(14)22-19(16)18-6-3-11-24-18/h1-12H. The molecule has 2 aromatic carbocycles. The third-order valence-electron chi connectivity index (χ3n) is 3.83. The number of halogens is 1. The second-order valence-electron chi connectivity index (χ2n) is 5.39. The molecule has 2 aromatic heterocycles. The molecule has 0 saturated carbocycles. The molecule has 0 unspecified atom stereocenters. The molecule has 4 aromatic rings. The molecule has 0 aliphatic carbocycles.